The molecular weight excluding hydrogens is 278 g/mol. The second-order valence-electron chi connectivity index (χ2n) is 4.96. The highest BCUT2D eigenvalue weighted by molar-refractivity contribution is 5.72. The van der Waals surface area contributed by atoms with Crippen molar-refractivity contribution in [3.8, 4) is 17.2 Å². The van der Waals surface area contributed by atoms with E-state index in [0.29, 0.717) is 0 Å². The molecule has 4 nitrogen and oxygen atoms in total. The molecule has 0 spiro atoms. The average molecular weight is 299 g/mol. The van der Waals surface area contributed by atoms with E-state index >= 15 is 0 Å². The van der Waals surface area contributed by atoms with Crippen LogP contribution < -0.4 is 14.2 Å². The second-order valence-corrected chi connectivity index (χ2v) is 4.96. The Kier molecular flexibility index (Phi) is 5.04. The van der Waals surface area contributed by atoms with Crippen LogP contribution in [-0.2, 0) is 0 Å². The van der Waals surface area contributed by atoms with E-state index in [2.05, 4.69) is 4.98 Å². The molecule has 116 valence electrons. The van der Waals surface area contributed by atoms with E-state index in [-0.39, 0.29) is 0 Å². The molecule has 0 saturated heterocycles. The van der Waals surface area contributed by atoms with Gasteiger partial charge in [0.15, 0.2) is 0 Å². The lowest BCUT2D eigenvalue weighted by Crippen LogP contribution is -1.96. The van der Waals surface area contributed by atoms with E-state index in [1.807, 2.05) is 50.4 Å². The van der Waals surface area contributed by atoms with E-state index in [9.17, 15) is 0 Å². The number of aryl methyl sites for hydroxylation is 1. The van der Waals surface area contributed by atoms with Crippen LogP contribution >= 0.6 is 0 Å². The average Bonchev–Trinajstić information content (AvgIpc) is 2.54. The van der Waals surface area contributed by atoms with Crippen LogP contribution in [0.2, 0.25) is 0 Å². The van der Waals surface area contributed by atoms with Crippen LogP contribution in [0.15, 0.2) is 24.4 Å². The molecule has 1 aromatic carbocycles. The zero-order valence-electron chi connectivity index (χ0n) is 13.6. The second kappa shape index (κ2) is 6.98. The number of pyridine rings is 1. The van der Waals surface area contributed by atoms with Gasteiger partial charge in [-0.2, -0.15) is 0 Å². The molecule has 2 aromatic rings. The Hall–Kier alpha value is -2.49. The zero-order chi connectivity index (χ0) is 16.1. The van der Waals surface area contributed by atoms with Crippen LogP contribution in [0.25, 0.3) is 12.2 Å². The monoisotopic (exact) mass is 299 g/mol. The maximum Gasteiger partial charge on any atom is 0.128 e. The number of aromatic nitrogens is 1. The Morgan fingerprint density at radius 3 is 2.05 bits per heavy atom. The van der Waals surface area contributed by atoms with Crippen molar-refractivity contribution in [1.29, 1.82) is 0 Å². The summed E-state index contributed by atoms with van der Waals surface area (Å²) in [7, 11) is 4.95. The minimum atomic E-state index is 0.755. The minimum Gasteiger partial charge on any atom is -0.497 e. The first-order valence-electron chi connectivity index (χ1n) is 7.00. The van der Waals surface area contributed by atoms with E-state index in [1.54, 1.807) is 21.3 Å². The lowest BCUT2D eigenvalue weighted by Gasteiger charge is -2.10. The first kappa shape index (κ1) is 15.9. The molecular formula is C18H21NO3. The molecule has 0 aliphatic carbocycles. The molecule has 0 radical (unpaired) electrons. The van der Waals surface area contributed by atoms with E-state index in [0.717, 1.165) is 39.6 Å². The third-order valence-corrected chi connectivity index (χ3v) is 3.49. The number of nitrogens with zero attached hydrogens (tertiary/aromatic N) is 1. The first-order valence-corrected chi connectivity index (χ1v) is 7.00. The van der Waals surface area contributed by atoms with Crippen molar-refractivity contribution >= 4 is 12.2 Å². The summed E-state index contributed by atoms with van der Waals surface area (Å²) in [5.74, 6) is 2.38. The molecule has 0 amide bonds. The van der Waals surface area contributed by atoms with Gasteiger partial charge >= 0.3 is 0 Å². The number of ether oxygens (including phenoxy) is 3. The summed E-state index contributed by atoms with van der Waals surface area (Å²) >= 11 is 0. The third kappa shape index (κ3) is 3.39. The van der Waals surface area contributed by atoms with E-state index in [4.69, 9.17) is 14.2 Å². The number of methoxy groups -OCH3 is 3. The van der Waals surface area contributed by atoms with Gasteiger partial charge in [0, 0.05) is 23.4 Å². The van der Waals surface area contributed by atoms with Crippen molar-refractivity contribution in [2.45, 2.75) is 13.8 Å². The van der Waals surface area contributed by atoms with Crippen LogP contribution in [0.3, 0.4) is 0 Å². The van der Waals surface area contributed by atoms with Crippen molar-refractivity contribution in [2.75, 3.05) is 21.3 Å². The largest absolute Gasteiger partial charge is 0.497 e. The van der Waals surface area contributed by atoms with Gasteiger partial charge < -0.3 is 14.2 Å². The zero-order valence-corrected chi connectivity index (χ0v) is 13.6. The molecule has 0 fully saturated rings. The maximum atomic E-state index is 5.43. The lowest BCUT2D eigenvalue weighted by molar-refractivity contribution is 0.394. The third-order valence-electron chi connectivity index (χ3n) is 3.49. The van der Waals surface area contributed by atoms with Gasteiger partial charge in [-0.1, -0.05) is 6.08 Å². The Labute approximate surface area is 131 Å². The molecule has 1 aromatic heterocycles. The molecule has 0 aliphatic heterocycles. The van der Waals surface area contributed by atoms with Crippen LogP contribution in [0.1, 0.15) is 22.4 Å². The summed E-state index contributed by atoms with van der Waals surface area (Å²) in [4.78, 5) is 4.46. The number of benzene rings is 1. The van der Waals surface area contributed by atoms with E-state index in [1.165, 1.54) is 0 Å². The summed E-state index contributed by atoms with van der Waals surface area (Å²) in [5, 5.41) is 0. The van der Waals surface area contributed by atoms with Crippen LogP contribution in [0.4, 0.5) is 0 Å². The van der Waals surface area contributed by atoms with Crippen LogP contribution in [0, 0.1) is 13.8 Å². The molecule has 0 unspecified atom stereocenters. The molecule has 1 heterocycles. The Bertz CT molecular complexity index is 671. The number of hydrogen-bond acceptors (Lipinski definition) is 4. The molecule has 0 aliphatic rings. The molecule has 2 rings (SSSR count). The fraction of sp³-hybridized carbons (Fsp3) is 0.278. The fourth-order valence-corrected chi connectivity index (χ4v) is 2.32. The fourth-order valence-electron chi connectivity index (χ4n) is 2.32. The van der Waals surface area contributed by atoms with Crippen molar-refractivity contribution < 1.29 is 14.2 Å². The predicted octanol–water partition coefficient (Wildman–Crippen LogP) is 3.89. The Morgan fingerprint density at radius 1 is 0.864 bits per heavy atom. The van der Waals surface area contributed by atoms with Gasteiger partial charge in [0.1, 0.15) is 17.2 Å². The first-order chi connectivity index (χ1) is 10.6. The number of rotatable bonds is 5. The number of hydrogen-bond donors (Lipinski definition) is 0. The van der Waals surface area contributed by atoms with Gasteiger partial charge in [-0.3, -0.25) is 4.98 Å². The molecule has 22 heavy (non-hydrogen) atoms. The molecule has 4 heteroatoms. The quantitative estimate of drug-likeness (QED) is 0.839. The van der Waals surface area contributed by atoms with Crippen LogP contribution in [-0.4, -0.2) is 26.3 Å². The molecule has 0 saturated carbocycles. The smallest absolute Gasteiger partial charge is 0.128 e. The SMILES string of the molecule is COc1cc(/C=C/c2ncc(C)c(OC)c2C)cc(OC)c1. The van der Waals surface area contributed by atoms with Crippen molar-refractivity contribution in [3.63, 3.8) is 0 Å². The summed E-state index contributed by atoms with van der Waals surface area (Å²) in [5.41, 5.74) is 3.91. The van der Waals surface area contributed by atoms with Gasteiger partial charge in [-0.05, 0) is 37.6 Å². The summed E-state index contributed by atoms with van der Waals surface area (Å²) < 4.78 is 16.0. The molecule has 0 N–H and O–H groups in total. The highest BCUT2D eigenvalue weighted by atomic mass is 16.5. The Balaban J connectivity index is 2.36. The van der Waals surface area contributed by atoms with Gasteiger partial charge in [0.2, 0.25) is 0 Å². The summed E-state index contributed by atoms with van der Waals surface area (Å²) in [6, 6.07) is 5.73. The van der Waals surface area contributed by atoms with Crippen molar-refractivity contribution in [3.05, 3.63) is 46.8 Å². The van der Waals surface area contributed by atoms with Gasteiger partial charge in [-0.15, -0.1) is 0 Å². The minimum absolute atomic E-state index is 0.755. The maximum absolute atomic E-state index is 5.43. The standard InChI is InChI=1S/C18H21NO3/c1-12-11-19-17(13(2)18(12)22-5)7-6-14-8-15(20-3)10-16(9-14)21-4/h6-11H,1-5H3/b7-6+. The topological polar surface area (TPSA) is 40.6 Å². The Morgan fingerprint density at radius 2 is 1.50 bits per heavy atom. The van der Waals surface area contributed by atoms with Gasteiger partial charge in [-0.25, -0.2) is 0 Å². The predicted molar refractivity (Wildman–Crippen MR) is 88.7 cm³/mol. The van der Waals surface area contributed by atoms with Crippen molar-refractivity contribution in [1.82, 2.24) is 4.98 Å². The summed E-state index contributed by atoms with van der Waals surface area (Å²) in [6.45, 7) is 3.99. The highest BCUT2D eigenvalue weighted by Crippen LogP contribution is 2.27. The van der Waals surface area contributed by atoms with E-state index < -0.39 is 0 Å². The normalized spacial score (nSPS) is 10.8. The molecule has 0 bridgehead atoms. The summed E-state index contributed by atoms with van der Waals surface area (Å²) in [6.07, 6.45) is 5.76. The lowest BCUT2D eigenvalue weighted by atomic mass is 10.1. The van der Waals surface area contributed by atoms with Gasteiger partial charge in [0.25, 0.3) is 0 Å². The van der Waals surface area contributed by atoms with Crippen LogP contribution in [0.5, 0.6) is 17.2 Å². The highest BCUT2D eigenvalue weighted by Gasteiger charge is 2.07. The van der Waals surface area contributed by atoms with Gasteiger partial charge in [0.05, 0.1) is 27.0 Å². The van der Waals surface area contributed by atoms with Crippen molar-refractivity contribution in [2.24, 2.45) is 0 Å². The molecule has 0 atom stereocenters.